The molecule has 9 N–H and O–H groups in total. The molecule has 0 radical (unpaired) electrons. The van der Waals surface area contributed by atoms with E-state index in [-0.39, 0.29) is 43.7 Å². The van der Waals surface area contributed by atoms with Crippen LogP contribution >= 0.6 is 0 Å². The van der Waals surface area contributed by atoms with Crippen LogP contribution in [0.25, 0.3) is 0 Å². The Morgan fingerprint density at radius 3 is 2.23 bits per heavy atom. The second-order valence-corrected chi connectivity index (χ2v) is 6.45. The minimum atomic E-state index is -0.359. The second-order valence-electron chi connectivity index (χ2n) is 6.45. The summed E-state index contributed by atoms with van der Waals surface area (Å²) in [6.07, 6.45) is 1.03. The van der Waals surface area contributed by atoms with Gasteiger partial charge in [-0.25, -0.2) is 0 Å². The van der Waals surface area contributed by atoms with Crippen LogP contribution in [0.1, 0.15) is 12.0 Å². The number of carbonyl (C=O) groups excluding carboxylic acids is 1. The SMILES string of the molecule is NC(=O)CCNC[C@H](CO)NC[C@H](CO)NC[C@@H](N)Cc1ccccc1. The highest BCUT2D eigenvalue weighted by Crippen LogP contribution is 2.01. The molecule has 0 aliphatic rings. The zero-order valence-electron chi connectivity index (χ0n) is 15.2. The minimum Gasteiger partial charge on any atom is -0.395 e. The molecule has 1 aromatic rings. The molecule has 0 saturated carbocycles. The Morgan fingerprint density at radius 1 is 1.00 bits per heavy atom. The van der Waals surface area contributed by atoms with E-state index in [1.165, 1.54) is 5.56 Å². The zero-order chi connectivity index (χ0) is 19.2. The number of primary amides is 1. The van der Waals surface area contributed by atoms with Crippen LogP contribution in [0.4, 0.5) is 0 Å². The molecule has 148 valence electrons. The van der Waals surface area contributed by atoms with Crippen molar-refractivity contribution >= 4 is 5.91 Å². The maximum atomic E-state index is 10.7. The lowest BCUT2D eigenvalue weighted by Gasteiger charge is -2.23. The molecule has 0 aromatic heterocycles. The number of aliphatic hydroxyl groups excluding tert-OH is 2. The van der Waals surface area contributed by atoms with Gasteiger partial charge in [-0.2, -0.15) is 0 Å². The van der Waals surface area contributed by atoms with Crippen LogP contribution in [0.5, 0.6) is 0 Å². The number of hydrogen-bond acceptors (Lipinski definition) is 7. The maximum Gasteiger partial charge on any atom is 0.218 e. The van der Waals surface area contributed by atoms with Gasteiger partial charge in [0.05, 0.1) is 13.2 Å². The van der Waals surface area contributed by atoms with Gasteiger partial charge in [-0.1, -0.05) is 30.3 Å². The average Bonchev–Trinajstić information content (AvgIpc) is 2.64. The first-order chi connectivity index (χ1) is 12.5. The molecule has 8 nitrogen and oxygen atoms in total. The summed E-state index contributed by atoms with van der Waals surface area (Å²) >= 11 is 0. The third kappa shape index (κ3) is 10.4. The molecule has 1 rings (SSSR count). The molecule has 0 spiro atoms. The number of hydrogen-bond donors (Lipinski definition) is 7. The standard InChI is InChI=1S/C18H33N5O3/c19-15(8-14-4-2-1-3-5-14)9-22-17(13-25)11-23-16(12-24)10-21-7-6-18(20)26/h1-5,15-17,21-25H,6-13,19H2,(H2,20,26)/t15-,16+,17+/m0/s1. The van der Waals surface area contributed by atoms with Crippen molar-refractivity contribution in [3.63, 3.8) is 0 Å². The molecule has 0 heterocycles. The molecule has 0 fully saturated rings. The van der Waals surface area contributed by atoms with E-state index in [1.54, 1.807) is 0 Å². The van der Waals surface area contributed by atoms with Crippen molar-refractivity contribution in [1.82, 2.24) is 16.0 Å². The lowest BCUT2D eigenvalue weighted by Crippen LogP contribution is -2.51. The average molecular weight is 367 g/mol. The summed E-state index contributed by atoms with van der Waals surface area (Å²) in [7, 11) is 0. The molecule has 0 aliphatic heterocycles. The summed E-state index contributed by atoms with van der Waals surface area (Å²) in [6.45, 7) is 1.99. The second kappa shape index (κ2) is 13.6. The number of nitrogens with two attached hydrogens (primary N) is 2. The van der Waals surface area contributed by atoms with Gasteiger partial charge in [-0.15, -0.1) is 0 Å². The first-order valence-electron chi connectivity index (χ1n) is 9.02. The normalized spacial score (nSPS) is 14.7. The fourth-order valence-corrected chi connectivity index (χ4v) is 2.51. The molecule has 0 aliphatic carbocycles. The van der Waals surface area contributed by atoms with E-state index < -0.39 is 0 Å². The molecule has 8 heteroatoms. The number of rotatable bonds is 15. The highest BCUT2D eigenvalue weighted by atomic mass is 16.3. The Hall–Kier alpha value is -1.55. The third-order valence-electron chi connectivity index (χ3n) is 4.04. The summed E-state index contributed by atoms with van der Waals surface area (Å²) in [6, 6.07) is 9.67. The van der Waals surface area contributed by atoms with Gasteiger partial charge in [0.15, 0.2) is 0 Å². The molecule has 3 atom stereocenters. The minimum absolute atomic E-state index is 0.0295. The predicted octanol–water partition coefficient (Wildman–Crippen LogP) is -2.08. The maximum absolute atomic E-state index is 10.7. The molecule has 1 amide bonds. The van der Waals surface area contributed by atoms with Gasteiger partial charge >= 0.3 is 0 Å². The lowest BCUT2D eigenvalue weighted by molar-refractivity contribution is -0.117. The van der Waals surface area contributed by atoms with E-state index in [2.05, 4.69) is 16.0 Å². The van der Waals surface area contributed by atoms with Crippen LogP contribution in [-0.2, 0) is 11.2 Å². The Labute approximate surface area is 155 Å². The van der Waals surface area contributed by atoms with Crippen LogP contribution in [0, 0.1) is 0 Å². The fourth-order valence-electron chi connectivity index (χ4n) is 2.51. The van der Waals surface area contributed by atoms with E-state index in [4.69, 9.17) is 11.5 Å². The Bertz CT molecular complexity index is 489. The van der Waals surface area contributed by atoms with E-state index in [0.29, 0.717) is 26.2 Å². The third-order valence-corrected chi connectivity index (χ3v) is 4.04. The van der Waals surface area contributed by atoms with E-state index >= 15 is 0 Å². The summed E-state index contributed by atoms with van der Waals surface area (Å²) < 4.78 is 0. The Kier molecular flexibility index (Phi) is 11.8. The zero-order valence-corrected chi connectivity index (χ0v) is 15.2. The topological polar surface area (TPSA) is 146 Å². The van der Waals surface area contributed by atoms with Crippen molar-refractivity contribution in [3.8, 4) is 0 Å². The predicted molar refractivity (Wildman–Crippen MR) is 103 cm³/mol. The van der Waals surface area contributed by atoms with Gasteiger partial charge in [0.1, 0.15) is 0 Å². The van der Waals surface area contributed by atoms with Crippen molar-refractivity contribution in [1.29, 1.82) is 0 Å². The molecule has 26 heavy (non-hydrogen) atoms. The summed E-state index contributed by atoms with van der Waals surface area (Å²) in [5.74, 6) is -0.359. The highest BCUT2D eigenvalue weighted by molar-refractivity contribution is 5.73. The smallest absolute Gasteiger partial charge is 0.218 e. The lowest BCUT2D eigenvalue weighted by atomic mass is 10.1. The first kappa shape index (κ1) is 22.5. The molecule has 0 bridgehead atoms. The van der Waals surface area contributed by atoms with E-state index in [0.717, 1.165) is 6.42 Å². The molecule has 0 unspecified atom stereocenters. The van der Waals surface area contributed by atoms with Crippen LogP contribution in [-0.4, -0.2) is 73.6 Å². The highest BCUT2D eigenvalue weighted by Gasteiger charge is 2.13. The number of aliphatic hydroxyl groups is 2. The van der Waals surface area contributed by atoms with E-state index in [1.807, 2.05) is 30.3 Å². The monoisotopic (exact) mass is 367 g/mol. The number of benzene rings is 1. The van der Waals surface area contributed by atoms with Crippen molar-refractivity contribution in [2.24, 2.45) is 11.5 Å². The Balaban J connectivity index is 2.24. The largest absolute Gasteiger partial charge is 0.395 e. The number of amides is 1. The van der Waals surface area contributed by atoms with Crippen LogP contribution in [0.2, 0.25) is 0 Å². The first-order valence-corrected chi connectivity index (χ1v) is 9.02. The van der Waals surface area contributed by atoms with Crippen molar-refractivity contribution < 1.29 is 15.0 Å². The quantitative estimate of drug-likeness (QED) is 0.176. The van der Waals surface area contributed by atoms with Crippen molar-refractivity contribution in [3.05, 3.63) is 35.9 Å². The summed E-state index contributed by atoms with van der Waals surface area (Å²) in [5, 5.41) is 28.4. The Morgan fingerprint density at radius 2 is 1.62 bits per heavy atom. The van der Waals surface area contributed by atoms with Gasteiger partial charge in [-0.05, 0) is 12.0 Å². The van der Waals surface area contributed by atoms with Gasteiger partial charge in [0.2, 0.25) is 5.91 Å². The van der Waals surface area contributed by atoms with Crippen LogP contribution in [0.15, 0.2) is 30.3 Å². The van der Waals surface area contributed by atoms with Gasteiger partial charge in [0.25, 0.3) is 0 Å². The van der Waals surface area contributed by atoms with E-state index in [9.17, 15) is 15.0 Å². The molecular weight excluding hydrogens is 334 g/mol. The molecule has 1 aromatic carbocycles. The summed E-state index contributed by atoms with van der Waals surface area (Å²) in [4.78, 5) is 10.7. The summed E-state index contributed by atoms with van der Waals surface area (Å²) in [5.41, 5.74) is 12.4. The van der Waals surface area contributed by atoms with Gasteiger partial charge in [0, 0.05) is 50.7 Å². The molecule has 0 saturated heterocycles. The van der Waals surface area contributed by atoms with Crippen molar-refractivity contribution in [2.45, 2.75) is 31.0 Å². The van der Waals surface area contributed by atoms with Crippen LogP contribution in [0.3, 0.4) is 0 Å². The number of carbonyl (C=O) groups is 1. The number of nitrogens with one attached hydrogen (secondary N) is 3. The van der Waals surface area contributed by atoms with Gasteiger partial charge in [-0.3, -0.25) is 4.79 Å². The fraction of sp³-hybridized carbons (Fsp3) is 0.611. The van der Waals surface area contributed by atoms with Crippen LogP contribution < -0.4 is 27.4 Å². The molecular formula is C18H33N5O3. The van der Waals surface area contributed by atoms with Gasteiger partial charge < -0.3 is 37.6 Å². The van der Waals surface area contributed by atoms with Crippen molar-refractivity contribution in [2.75, 3.05) is 39.4 Å².